The average molecular weight is 167 g/mol. The summed E-state index contributed by atoms with van der Waals surface area (Å²) in [5.74, 6) is 0.938. The van der Waals surface area contributed by atoms with Crippen molar-refractivity contribution in [1.82, 2.24) is 0 Å². The zero-order chi connectivity index (χ0) is 7.94. The van der Waals surface area contributed by atoms with Gasteiger partial charge >= 0.3 is 0 Å². The Hall–Kier alpha value is -0.470. The van der Waals surface area contributed by atoms with Crippen molar-refractivity contribution in [1.29, 1.82) is 0 Å². The van der Waals surface area contributed by atoms with E-state index in [2.05, 4.69) is 12.1 Å². The molecule has 0 bridgehead atoms. The number of benzene rings is 1. The summed E-state index contributed by atoms with van der Waals surface area (Å²) in [6.45, 7) is 0.0415. The topological polar surface area (TPSA) is 19.9 Å². The van der Waals surface area contributed by atoms with E-state index >= 15 is 0 Å². The lowest BCUT2D eigenvalue weighted by Gasteiger charge is -1.97. The van der Waals surface area contributed by atoms with Crippen LogP contribution in [-0.4, -0.2) is 12.4 Å². The van der Waals surface area contributed by atoms with Gasteiger partial charge in [-0.05, 0) is 18.6 Å². The van der Waals surface area contributed by atoms with Gasteiger partial charge in [0, 0.05) is 10.6 Å². The van der Waals surface area contributed by atoms with Crippen LogP contribution in [0.25, 0.3) is 0 Å². The highest BCUT2D eigenvalue weighted by Crippen LogP contribution is 2.17. The highest BCUT2D eigenvalue weighted by atomic mass is 32.2. The molecule has 11 heavy (non-hydrogen) atoms. The first-order valence-corrected chi connectivity index (χ1v) is 4.68. The zero-order valence-corrected chi connectivity index (χ0v) is 7.14. The van der Waals surface area contributed by atoms with Crippen molar-refractivity contribution in [3.63, 3.8) is 0 Å². The summed E-state index contributed by atoms with van der Waals surface area (Å²) in [6.07, 6.45) is 0.763. The van der Waals surface area contributed by atoms with E-state index < -0.39 is 0 Å². The molecule has 1 rings (SSSR count). The van der Waals surface area contributed by atoms with Gasteiger partial charge in [0.25, 0.3) is 0 Å². The summed E-state index contributed by atoms with van der Waals surface area (Å²) in [4.78, 5) is 1.25. The summed E-state index contributed by atoms with van der Waals surface area (Å²) in [5, 5.41) is 10.1. The van der Waals surface area contributed by atoms with Crippen molar-refractivity contribution < 1.29 is 5.11 Å². The van der Waals surface area contributed by atoms with Crippen molar-refractivity contribution in [3.05, 3.63) is 30.3 Å². The largest absolute Gasteiger partial charge is 0.237 e. The van der Waals surface area contributed by atoms with Gasteiger partial charge in [-0.3, -0.25) is 0 Å². The van der Waals surface area contributed by atoms with Gasteiger partial charge in [0.15, 0.2) is 0 Å². The fraction of sp³-hybridized carbons (Fsp3) is 0.333. The standard InChI is InChI=1S/C9H11OS/c10-7-4-8-11-9-5-2-1-3-6-9/h1-3,5-6H,4,7-8H2. The highest BCUT2D eigenvalue weighted by molar-refractivity contribution is 7.99. The van der Waals surface area contributed by atoms with E-state index in [1.807, 2.05) is 18.2 Å². The van der Waals surface area contributed by atoms with E-state index in [0.29, 0.717) is 0 Å². The van der Waals surface area contributed by atoms with Crippen LogP contribution in [0.4, 0.5) is 0 Å². The molecule has 59 valence electrons. The predicted molar refractivity (Wildman–Crippen MR) is 47.3 cm³/mol. The van der Waals surface area contributed by atoms with E-state index in [9.17, 15) is 5.11 Å². The Balaban J connectivity index is 2.28. The van der Waals surface area contributed by atoms with Crippen LogP contribution in [0.1, 0.15) is 6.42 Å². The van der Waals surface area contributed by atoms with E-state index in [1.54, 1.807) is 11.8 Å². The second-order valence-corrected chi connectivity index (χ2v) is 3.39. The van der Waals surface area contributed by atoms with Crippen LogP contribution in [-0.2, 0) is 5.11 Å². The average Bonchev–Trinajstić information content (AvgIpc) is 2.07. The van der Waals surface area contributed by atoms with Gasteiger partial charge in [-0.2, -0.15) is 0 Å². The Kier molecular flexibility index (Phi) is 4.09. The second-order valence-electron chi connectivity index (χ2n) is 2.22. The van der Waals surface area contributed by atoms with Crippen molar-refractivity contribution in [2.45, 2.75) is 11.3 Å². The Bertz CT molecular complexity index is 186. The number of thioether (sulfide) groups is 1. The molecule has 0 N–H and O–H groups in total. The van der Waals surface area contributed by atoms with Gasteiger partial charge in [-0.1, -0.05) is 18.2 Å². The Morgan fingerprint density at radius 3 is 2.55 bits per heavy atom. The summed E-state index contributed by atoms with van der Waals surface area (Å²) >= 11 is 1.74. The Labute approximate surface area is 71.4 Å². The molecule has 0 atom stereocenters. The first-order chi connectivity index (χ1) is 5.43. The summed E-state index contributed by atoms with van der Waals surface area (Å²) < 4.78 is 0. The maximum Gasteiger partial charge on any atom is 0.0830 e. The molecule has 0 aliphatic rings. The molecule has 0 unspecified atom stereocenters. The molecule has 1 nitrogen and oxygen atoms in total. The van der Waals surface area contributed by atoms with E-state index in [4.69, 9.17) is 0 Å². The summed E-state index contributed by atoms with van der Waals surface area (Å²) in [6, 6.07) is 10.2. The van der Waals surface area contributed by atoms with Crippen molar-refractivity contribution >= 4 is 11.8 Å². The van der Waals surface area contributed by atoms with Crippen LogP contribution in [0.2, 0.25) is 0 Å². The van der Waals surface area contributed by atoms with Crippen molar-refractivity contribution in [2.24, 2.45) is 0 Å². The van der Waals surface area contributed by atoms with Crippen molar-refractivity contribution in [3.8, 4) is 0 Å². The third-order valence-corrected chi connectivity index (χ3v) is 2.40. The molecule has 0 saturated heterocycles. The fourth-order valence-electron chi connectivity index (χ4n) is 0.766. The quantitative estimate of drug-likeness (QED) is 0.498. The number of hydrogen-bond acceptors (Lipinski definition) is 1. The lowest BCUT2D eigenvalue weighted by molar-refractivity contribution is 0.194. The van der Waals surface area contributed by atoms with Gasteiger partial charge in [0.1, 0.15) is 0 Å². The summed E-state index contributed by atoms with van der Waals surface area (Å²) in [7, 11) is 0. The molecule has 2 heteroatoms. The van der Waals surface area contributed by atoms with Gasteiger partial charge in [0.05, 0.1) is 6.61 Å². The predicted octanol–water partition coefficient (Wildman–Crippen LogP) is 2.60. The fourth-order valence-corrected chi connectivity index (χ4v) is 1.61. The molecule has 0 spiro atoms. The third kappa shape index (κ3) is 3.44. The van der Waals surface area contributed by atoms with Gasteiger partial charge in [0.2, 0.25) is 0 Å². The first-order valence-electron chi connectivity index (χ1n) is 3.69. The molecular weight excluding hydrogens is 156 g/mol. The summed E-state index contributed by atoms with van der Waals surface area (Å²) in [5.41, 5.74) is 0. The smallest absolute Gasteiger partial charge is 0.0830 e. The van der Waals surface area contributed by atoms with Gasteiger partial charge < -0.3 is 0 Å². The van der Waals surface area contributed by atoms with Crippen LogP contribution in [0.3, 0.4) is 0 Å². The minimum absolute atomic E-state index is 0.0415. The molecule has 0 aromatic heterocycles. The van der Waals surface area contributed by atoms with Crippen LogP contribution >= 0.6 is 11.8 Å². The number of rotatable bonds is 4. The second kappa shape index (κ2) is 5.22. The molecule has 1 aromatic carbocycles. The SMILES string of the molecule is [O]CCCSc1ccccc1. The lowest BCUT2D eigenvalue weighted by atomic mass is 10.4. The van der Waals surface area contributed by atoms with Gasteiger partial charge in [-0.15, -0.1) is 11.8 Å². The first kappa shape index (κ1) is 8.62. The van der Waals surface area contributed by atoms with Gasteiger partial charge in [-0.25, -0.2) is 5.11 Å². The normalized spacial score (nSPS) is 9.91. The Morgan fingerprint density at radius 2 is 1.91 bits per heavy atom. The molecule has 0 aliphatic heterocycles. The zero-order valence-electron chi connectivity index (χ0n) is 6.32. The van der Waals surface area contributed by atoms with E-state index in [-0.39, 0.29) is 6.61 Å². The van der Waals surface area contributed by atoms with E-state index in [0.717, 1.165) is 12.2 Å². The maximum atomic E-state index is 10.1. The number of hydrogen-bond donors (Lipinski definition) is 0. The van der Waals surface area contributed by atoms with Crippen LogP contribution in [0.15, 0.2) is 35.2 Å². The molecule has 0 aliphatic carbocycles. The maximum absolute atomic E-state index is 10.1. The lowest BCUT2D eigenvalue weighted by Crippen LogP contribution is -1.83. The molecule has 1 aromatic rings. The monoisotopic (exact) mass is 167 g/mol. The minimum Gasteiger partial charge on any atom is -0.237 e. The molecule has 0 amide bonds. The minimum atomic E-state index is 0.0415. The molecule has 0 saturated carbocycles. The van der Waals surface area contributed by atoms with Crippen LogP contribution in [0, 0.1) is 0 Å². The van der Waals surface area contributed by atoms with E-state index in [1.165, 1.54) is 4.90 Å². The molecule has 0 fully saturated rings. The molecular formula is C9H11OS. The molecule has 1 radical (unpaired) electrons. The Morgan fingerprint density at radius 1 is 1.18 bits per heavy atom. The van der Waals surface area contributed by atoms with Crippen molar-refractivity contribution in [2.75, 3.05) is 12.4 Å². The van der Waals surface area contributed by atoms with Crippen LogP contribution in [0.5, 0.6) is 0 Å². The molecule has 0 heterocycles. The highest BCUT2D eigenvalue weighted by Gasteiger charge is 1.90. The third-order valence-electron chi connectivity index (χ3n) is 1.30. The van der Waals surface area contributed by atoms with Crippen LogP contribution < -0.4 is 0 Å².